The van der Waals surface area contributed by atoms with Crippen LogP contribution in [0, 0.1) is 0 Å². The van der Waals surface area contributed by atoms with Crippen LogP contribution in [0.5, 0.6) is 0 Å². The molecule has 7 N–H and O–H groups in total. The SMILES string of the molecule is C[C@@H]1O[C@@H](OCCNC(=O)CCCCCNC(=O)[C@H](CCC(=O)O)NC(=O)OCc2ccccc2)[C@@H](O)[C@H](O)[C@@H]1O. The van der Waals surface area contributed by atoms with Gasteiger partial charge in [0.25, 0.3) is 0 Å². The van der Waals surface area contributed by atoms with Crippen LogP contribution >= 0.6 is 0 Å². The molecule has 3 amide bonds. The lowest BCUT2D eigenvalue weighted by molar-refractivity contribution is -0.292. The Labute approximate surface area is 238 Å². The highest BCUT2D eigenvalue weighted by molar-refractivity contribution is 5.86. The van der Waals surface area contributed by atoms with Gasteiger partial charge in [0.1, 0.15) is 31.0 Å². The summed E-state index contributed by atoms with van der Waals surface area (Å²) in [5.74, 6) is -1.83. The van der Waals surface area contributed by atoms with E-state index in [0.29, 0.717) is 19.3 Å². The summed E-state index contributed by atoms with van der Waals surface area (Å²) in [5.41, 5.74) is 0.766. The number of amides is 3. The van der Waals surface area contributed by atoms with Crippen LogP contribution in [0.2, 0.25) is 0 Å². The smallest absolute Gasteiger partial charge is 0.408 e. The van der Waals surface area contributed by atoms with Gasteiger partial charge in [-0.25, -0.2) is 4.79 Å². The van der Waals surface area contributed by atoms with Crippen molar-refractivity contribution in [1.29, 1.82) is 0 Å². The topological polar surface area (TPSA) is 213 Å². The number of carboxylic acid groups (broad SMARTS) is 1. The van der Waals surface area contributed by atoms with E-state index in [-0.39, 0.29) is 51.5 Å². The minimum Gasteiger partial charge on any atom is -0.481 e. The number of aliphatic hydroxyl groups is 3. The number of nitrogens with one attached hydrogen (secondary N) is 3. The molecule has 0 radical (unpaired) electrons. The molecule has 41 heavy (non-hydrogen) atoms. The third-order valence-corrected chi connectivity index (χ3v) is 6.36. The normalized spacial score (nSPS) is 22.8. The predicted octanol–water partition coefficient (Wildman–Crippen LogP) is -0.217. The van der Waals surface area contributed by atoms with Gasteiger partial charge >= 0.3 is 12.1 Å². The van der Waals surface area contributed by atoms with E-state index in [0.717, 1.165) is 5.56 Å². The van der Waals surface area contributed by atoms with Crippen LogP contribution in [-0.4, -0.2) is 101 Å². The van der Waals surface area contributed by atoms with Crippen LogP contribution in [0.15, 0.2) is 30.3 Å². The standard InChI is InChI=1S/C27H41N3O11/c1-17-22(34)23(35)24(36)26(41-17)39-15-14-28-20(31)10-6-3-7-13-29-25(37)19(11-12-21(32)33)30-27(38)40-16-18-8-4-2-5-9-18/h2,4-5,8-9,17,19,22-24,26,34-36H,3,6-7,10-16H2,1H3,(H,28,31)(H,29,37)(H,30,38)(H,32,33)/t17-,19-,22+,23+,24-,26+/m0/s1. The van der Waals surface area contributed by atoms with Crippen LogP contribution in [-0.2, 0) is 35.2 Å². The Morgan fingerprint density at radius 3 is 2.37 bits per heavy atom. The maximum Gasteiger partial charge on any atom is 0.408 e. The monoisotopic (exact) mass is 583 g/mol. The van der Waals surface area contributed by atoms with Gasteiger partial charge in [-0.05, 0) is 31.7 Å². The molecule has 0 bridgehead atoms. The summed E-state index contributed by atoms with van der Waals surface area (Å²) in [6, 6.07) is 7.90. The summed E-state index contributed by atoms with van der Waals surface area (Å²) in [4.78, 5) is 47.7. The lowest BCUT2D eigenvalue weighted by Crippen LogP contribution is -2.57. The molecular weight excluding hydrogens is 542 g/mol. The Kier molecular flexibility index (Phi) is 15.0. The number of hydrogen-bond donors (Lipinski definition) is 7. The van der Waals surface area contributed by atoms with E-state index < -0.39 is 54.7 Å². The molecule has 14 heteroatoms. The van der Waals surface area contributed by atoms with Crippen molar-refractivity contribution in [2.75, 3.05) is 19.7 Å². The van der Waals surface area contributed by atoms with E-state index in [1.165, 1.54) is 0 Å². The molecule has 0 saturated carbocycles. The number of carboxylic acids is 1. The average Bonchev–Trinajstić information content (AvgIpc) is 2.95. The summed E-state index contributed by atoms with van der Waals surface area (Å²) in [7, 11) is 0. The first kappa shape index (κ1) is 33.9. The van der Waals surface area contributed by atoms with Crippen molar-refractivity contribution < 1.29 is 53.8 Å². The minimum absolute atomic E-state index is 0.00697. The van der Waals surface area contributed by atoms with Crippen LogP contribution in [0.4, 0.5) is 4.79 Å². The van der Waals surface area contributed by atoms with E-state index in [1.54, 1.807) is 31.2 Å². The molecule has 6 atom stereocenters. The maximum absolute atomic E-state index is 12.5. The van der Waals surface area contributed by atoms with Crippen LogP contribution in [0.3, 0.4) is 0 Å². The van der Waals surface area contributed by atoms with E-state index >= 15 is 0 Å². The second-order valence-electron chi connectivity index (χ2n) is 9.69. The largest absolute Gasteiger partial charge is 0.481 e. The van der Waals surface area contributed by atoms with Gasteiger partial charge in [0.15, 0.2) is 6.29 Å². The molecule has 0 spiro atoms. The number of aliphatic hydroxyl groups excluding tert-OH is 3. The number of unbranched alkanes of at least 4 members (excludes halogenated alkanes) is 2. The highest BCUT2D eigenvalue weighted by Crippen LogP contribution is 2.21. The highest BCUT2D eigenvalue weighted by Gasteiger charge is 2.42. The van der Waals surface area contributed by atoms with Gasteiger partial charge < -0.3 is 50.6 Å². The fraction of sp³-hybridized carbons (Fsp3) is 0.630. The molecule has 1 fully saturated rings. The van der Waals surface area contributed by atoms with Crippen molar-refractivity contribution in [2.24, 2.45) is 0 Å². The third-order valence-electron chi connectivity index (χ3n) is 6.36. The van der Waals surface area contributed by atoms with Crippen molar-refractivity contribution in [3.63, 3.8) is 0 Å². The second kappa shape index (κ2) is 18.2. The number of hydrogen-bond acceptors (Lipinski definition) is 10. The number of benzene rings is 1. The molecular formula is C27H41N3O11. The molecule has 1 saturated heterocycles. The Hall–Kier alpha value is -3.30. The molecule has 0 aliphatic carbocycles. The maximum atomic E-state index is 12.5. The third kappa shape index (κ3) is 12.8. The van der Waals surface area contributed by atoms with E-state index in [9.17, 15) is 34.5 Å². The molecule has 2 rings (SSSR count). The molecule has 1 aliphatic rings. The Morgan fingerprint density at radius 1 is 0.927 bits per heavy atom. The van der Waals surface area contributed by atoms with Crippen LogP contribution in [0.25, 0.3) is 0 Å². The van der Waals surface area contributed by atoms with E-state index in [1.807, 2.05) is 6.07 Å². The van der Waals surface area contributed by atoms with Crippen molar-refractivity contribution in [3.05, 3.63) is 35.9 Å². The molecule has 1 heterocycles. The molecule has 0 unspecified atom stereocenters. The van der Waals surface area contributed by atoms with Gasteiger partial charge in [0, 0.05) is 25.9 Å². The molecule has 230 valence electrons. The molecule has 14 nitrogen and oxygen atoms in total. The van der Waals surface area contributed by atoms with E-state index in [4.69, 9.17) is 19.3 Å². The van der Waals surface area contributed by atoms with Gasteiger partial charge in [0.2, 0.25) is 11.8 Å². The van der Waals surface area contributed by atoms with E-state index in [2.05, 4.69) is 16.0 Å². The fourth-order valence-corrected chi connectivity index (χ4v) is 3.97. The average molecular weight is 584 g/mol. The summed E-state index contributed by atoms with van der Waals surface area (Å²) in [6.45, 7) is 2.02. The number of alkyl carbamates (subject to hydrolysis) is 1. The lowest BCUT2D eigenvalue weighted by Gasteiger charge is -2.38. The van der Waals surface area contributed by atoms with Crippen molar-refractivity contribution >= 4 is 23.9 Å². The van der Waals surface area contributed by atoms with Gasteiger partial charge in [0.05, 0.1) is 12.7 Å². The number of carbonyl (C=O) groups is 4. The first-order valence-corrected chi connectivity index (χ1v) is 13.6. The zero-order valence-corrected chi connectivity index (χ0v) is 23.1. The number of aliphatic carboxylic acids is 1. The zero-order valence-electron chi connectivity index (χ0n) is 23.1. The number of carbonyl (C=O) groups excluding carboxylic acids is 3. The summed E-state index contributed by atoms with van der Waals surface area (Å²) in [5, 5.41) is 46.1. The number of ether oxygens (including phenoxy) is 3. The van der Waals surface area contributed by atoms with Gasteiger partial charge in [-0.2, -0.15) is 0 Å². The predicted molar refractivity (Wildman–Crippen MR) is 143 cm³/mol. The number of rotatable bonds is 17. The molecule has 0 aromatic heterocycles. The zero-order chi connectivity index (χ0) is 30.2. The molecule has 1 aromatic carbocycles. The Balaban J connectivity index is 1.58. The molecule has 1 aromatic rings. The lowest BCUT2D eigenvalue weighted by atomic mass is 10.0. The van der Waals surface area contributed by atoms with Gasteiger partial charge in [-0.15, -0.1) is 0 Å². The van der Waals surface area contributed by atoms with Gasteiger partial charge in [-0.1, -0.05) is 36.8 Å². The van der Waals surface area contributed by atoms with Crippen LogP contribution < -0.4 is 16.0 Å². The minimum atomic E-state index is -1.41. The first-order chi connectivity index (χ1) is 19.6. The Bertz CT molecular complexity index is 965. The summed E-state index contributed by atoms with van der Waals surface area (Å²) < 4.78 is 15.8. The van der Waals surface area contributed by atoms with Crippen molar-refractivity contribution in [1.82, 2.24) is 16.0 Å². The van der Waals surface area contributed by atoms with Crippen LogP contribution in [0.1, 0.15) is 51.0 Å². The van der Waals surface area contributed by atoms with Crippen molar-refractivity contribution in [2.45, 2.75) is 88.8 Å². The Morgan fingerprint density at radius 2 is 1.66 bits per heavy atom. The quantitative estimate of drug-likeness (QED) is 0.119. The highest BCUT2D eigenvalue weighted by atomic mass is 16.7. The first-order valence-electron chi connectivity index (χ1n) is 13.6. The second-order valence-corrected chi connectivity index (χ2v) is 9.69. The van der Waals surface area contributed by atoms with Gasteiger partial charge in [-0.3, -0.25) is 14.4 Å². The summed E-state index contributed by atoms with van der Waals surface area (Å²) in [6.07, 6.45) is -5.09. The fourth-order valence-electron chi connectivity index (χ4n) is 3.97. The van der Waals surface area contributed by atoms with Crippen molar-refractivity contribution in [3.8, 4) is 0 Å². The molecule has 1 aliphatic heterocycles. The summed E-state index contributed by atoms with van der Waals surface area (Å²) >= 11 is 0.